The molecule has 1 heterocycles. The smallest absolute Gasteiger partial charge is 0.258 e. The van der Waals surface area contributed by atoms with Crippen molar-refractivity contribution < 1.29 is 13.2 Å². The molecule has 0 radical (unpaired) electrons. The maximum Gasteiger partial charge on any atom is 0.258 e. The molecule has 5 nitrogen and oxygen atoms in total. The Labute approximate surface area is 184 Å². The molecule has 0 aliphatic carbocycles. The third-order valence-corrected chi connectivity index (χ3v) is 6.91. The Morgan fingerprint density at radius 1 is 0.935 bits per heavy atom. The summed E-state index contributed by atoms with van der Waals surface area (Å²) < 4.78 is 27.2. The molecule has 0 saturated carbocycles. The topological polar surface area (TPSA) is 57.7 Å². The highest BCUT2D eigenvalue weighted by molar-refractivity contribution is 7.92. The van der Waals surface area contributed by atoms with Crippen molar-refractivity contribution in [3.8, 4) is 0 Å². The Hall–Kier alpha value is -3.12. The summed E-state index contributed by atoms with van der Waals surface area (Å²) in [6.07, 6.45) is 1.73. The van der Waals surface area contributed by atoms with Gasteiger partial charge in [-0.3, -0.25) is 9.10 Å². The standard InChI is InChI=1S/C25H26N2O3S/c1-18-13-15-20(16-14-18)25(28)26-19(2)17-24(22-11-7-8-12-23(22)26)27(31(3,29)30)21-9-5-4-6-10-21/h4-16,19,24H,17H2,1-3H3/t19-,24+/m0/s1. The molecule has 4 rings (SSSR count). The molecule has 0 saturated heterocycles. The number of fused-ring (bicyclic) bond motifs is 1. The molecule has 0 unspecified atom stereocenters. The van der Waals surface area contributed by atoms with Gasteiger partial charge >= 0.3 is 0 Å². The molecule has 1 aliphatic heterocycles. The highest BCUT2D eigenvalue weighted by atomic mass is 32.2. The van der Waals surface area contributed by atoms with Gasteiger partial charge in [-0.2, -0.15) is 0 Å². The zero-order chi connectivity index (χ0) is 22.2. The predicted octanol–water partition coefficient (Wildman–Crippen LogP) is 4.94. The fourth-order valence-corrected chi connectivity index (χ4v) is 5.49. The molecule has 2 atom stereocenters. The van der Waals surface area contributed by atoms with E-state index < -0.39 is 16.1 Å². The number of amides is 1. The van der Waals surface area contributed by atoms with Crippen molar-refractivity contribution in [3.63, 3.8) is 0 Å². The number of carbonyl (C=O) groups is 1. The second kappa shape index (κ2) is 8.19. The molecule has 1 aliphatic rings. The van der Waals surface area contributed by atoms with Crippen LogP contribution in [-0.2, 0) is 10.0 Å². The van der Waals surface area contributed by atoms with Crippen LogP contribution in [0.1, 0.15) is 40.9 Å². The van der Waals surface area contributed by atoms with Crippen LogP contribution in [0.2, 0.25) is 0 Å². The number of anilines is 2. The van der Waals surface area contributed by atoms with E-state index in [0.29, 0.717) is 17.7 Å². The van der Waals surface area contributed by atoms with Crippen molar-refractivity contribution in [2.45, 2.75) is 32.4 Å². The zero-order valence-electron chi connectivity index (χ0n) is 17.9. The number of nitrogens with zero attached hydrogens (tertiary/aromatic N) is 2. The van der Waals surface area contributed by atoms with Gasteiger partial charge in [0.1, 0.15) is 0 Å². The summed E-state index contributed by atoms with van der Waals surface area (Å²) in [5, 5.41) is 0. The van der Waals surface area contributed by atoms with Gasteiger partial charge in [-0.05, 0) is 56.2 Å². The first-order valence-corrected chi connectivity index (χ1v) is 12.2. The van der Waals surface area contributed by atoms with Crippen LogP contribution in [0, 0.1) is 6.92 Å². The summed E-state index contributed by atoms with van der Waals surface area (Å²) in [5.74, 6) is -0.0796. The van der Waals surface area contributed by atoms with E-state index in [0.717, 1.165) is 16.8 Å². The third-order valence-electron chi connectivity index (χ3n) is 5.73. The lowest BCUT2D eigenvalue weighted by molar-refractivity contribution is 0.0974. The van der Waals surface area contributed by atoms with E-state index in [9.17, 15) is 13.2 Å². The van der Waals surface area contributed by atoms with E-state index in [-0.39, 0.29) is 11.9 Å². The van der Waals surface area contributed by atoms with E-state index in [4.69, 9.17) is 0 Å². The highest BCUT2D eigenvalue weighted by Gasteiger charge is 2.39. The lowest BCUT2D eigenvalue weighted by Crippen LogP contribution is -2.47. The molecular formula is C25H26N2O3S. The van der Waals surface area contributed by atoms with Gasteiger partial charge in [-0.25, -0.2) is 8.42 Å². The van der Waals surface area contributed by atoms with Crippen molar-refractivity contribution in [2.75, 3.05) is 15.5 Å². The number of benzene rings is 3. The monoisotopic (exact) mass is 434 g/mol. The minimum atomic E-state index is -3.55. The van der Waals surface area contributed by atoms with E-state index in [1.165, 1.54) is 10.6 Å². The zero-order valence-corrected chi connectivity index (χ0v) is 18.7. The van der Waals surface area contributed by atoms with Gasteiger partial charge in [0, 0.05) is 17.3 Å². The van der Waals surface area contributed by atoms with Gasteiger partial charge in [0.05, 0.1) is 18.0 Å². The van der Waals surface area contributed by atoms with Crippen molar-refractivity contribution in [3.05, 3.63) is 95.6 Å². The van der Waals surface area contributed by atoms with Crippen molar-refractivity contribution in [2.24, 2.45) is 0 Å². The van der Waals surface area contributed by atoms with Gasteiger partial charge in [-0.15, -0.1) is 0 Å². The fourth-order valence-electron chi connectivity index (χ4n) is 4.33. The van der Waals surface area contributed by atoms with Crippen LogP contribution in [0.25, 0.3) is 0 Å². The number of carbonyl (C=O) groups excluding carboxylic acids is 1. The van der Waals surface area contributed by atoms with Crippen LogP contribution in [-0.4, -0.2) is 26.6 Å². The maximum atomic E-state index is 13.4. The van der Waals surface area contributed by atoms with Crippen molar-refractivity contribution in [1.82, 2.24) is 0 Å². The van der Waals surface area contributed by atoms with E-state index in [1.54, 1.807) is 17.0 Å². The van der Waals surface area contributed by atoms with Gasteiger partial charge in [0.15, 0.2) is 0 Å². The Morgan fingerprint density at radius 2 is 1.55 bits per heavy atom. The fraction of sp³-hybridized carbons (Fsp3) is 0.240. The van der Waals surface area contributed by atoms with Crippen LogP contribution in [0.5, 0.6) is 0 Å². The highest BCUT2D eigenvalue weighted by Crippen LogP contribution is 2.43. The quantitative estimate of drug-likeness (QED) is 0.584. The van der Waals surface area contributed by atoms with Crippen molar-refractivity contribution >= 4 is 27.3 Å². The SMILES string of the molecule is Cc1ccc(C(=O)N2c3ccccc3[C@H](N(c3ccccc3)S(C)(=O)=O)C[C@@H]2C)cc1. The van der Waals surface area contributed by atoms with Crippen LogP contribution in [0.4, 0.5) is 11.4 Å². The summed E-state index contributed by atoms with van der Waals surface area (Å²) in [4.78, 5) is 15.2. The molecule has 1 amide bonds. The average Bonchev–Trinajstić information content (AvgIpc) is 2.74. The summed E-state index contributed by atoms with van der Waals surface area (Å²) in [7, 11) is -3.55. The third kappa shape index (κ3) is 4.08. The number of para-hydroxylation sites is 2. The Bertz CT molecular complexity index is 1190. The number of aryl methyl sites for hydroxylation is 1. The van der Waals surface area contributed by atoms with Gasteiger partial charge in [0.25, 0.3) is 5.91 Å². The van der Waals surface area contributed by atoms with Crippen LogP contribution < -0.4 is 9.21 Å². The first-order chi connectivity index (χ1) is 14.8. The second-order valence-electron chi connectivity index (χ2n) is 8.09. The lowest BCUT2D eigenvalue weighted by atomic mass is 9.90. The largest absolute Gasteiger partial charge is 0.305 e. The Kier molecular flexibility index (Phi) is 5.58. The molecule has 0 N–H and O–H groups in total. The molecule has 0 fully saturated rings. The number of hydrogen-bond donors (Lipinski definition) is 0. The normalized spacial score (nSPS) is 18.4. The summed E-state index contributed by atoms with van der Waals surface area (Å²) in [6.45, 7) is 3.96. The molecule has 3 aromatic rings. The van der Waals surface area contributed by atoms with E-state index in [2.05, 4.69) is 0 Å². The number of hydrogen-bond acceptors (Lipinski definition) is 3. The first kappa shape index (κ1) is 21.1. The molecule has 0 aromatic heterocycles. The molecule has 0 bridgehead atoms. The molecule has 3 aromatic carbocycles. The average molecular weight is 435 g/mol. The molecule has 6 heteroatoms. The van der Waals surface area contributed by atoms with Crippen LogP contribution in [0.3, 0.4) is 0 Å². The Balaban J connectivity index is 1.81. The molecule has 0 spiro atoms. The first-order valence-electron chi connectivity index (χ1n) is 10.3. The van der Waals surface area contributed by atoms with Crippen molar-refractivity contribution in [1.29, 1.82) is 0 Å². The van der Waals surface area contributed by atoms with E-state index >= 15 is 0 Å². The number of rotatable bonds is 4. The summed E-state index contributed by atoms with van der Waals surface area (Å²) in [5.41, 5.74) is 3.91. The summed E-state index contributed by atoms with van der Waals surface area (Å²) in [6, 6.07) is 23.7. The minimum Gasteiger partial charge on any atom is -0.305 e. The van der Waals surface area contributed by atoms with Gasteiger partial charge < -0.3 is 4.90 Å². The lowest BCUT2D eigenvalue weighted by Gasteiger charge is -2.43. The van der Waals surface area contributed by atoms with Gasteiger partial charge in [0.2, 0.25) is 10.0 Å². The molecule has 31 heavy (non-hydrogen) atoms. The maximum absolute atomic E-state index is 13.4. The summed E-state index contributed by atoms with van der Waals surface area (Å²) >= 11 is 0. The van der Waals surface area contributed by atoms with Gasteiger partial charge in [-0.1, -0.05) is 54.1 Å². The predicted molar refractivity (Wildman–Crippen MR) is 125 cm³/mol. The Morgan fingerprint density at radius 3 is 2.19 bits per heavy atom. The molecular weight excluding hydrogens is 408 g/mol. The number of sulfonamides is 1. The minimum absolute atomic E-state index is 0.0796. The molecule has 160 valence electrons. The second-order valence-corrected chi connectivity index (χ2v) is 9.95. The van der Waals surface area contributed by atoms with E-state index in [1.807, 2.05) is 80.6 Å². The van der Waals surface area contributed by atoms with Crippen LogP contribution >= 0.6 is 0 Å². The van der Waals surface area contributed by atoms with Crippen LogP contribution in [0.15, 0.2) is 78.9 Å².